The second kappa shape index (κ2) is 9.81. The minimum absolute atomic E-state index is 0.0237. The Bertz CT molecular complexity index is 1660. The number of carbonyl (C=O) groups is 1. The first-order valence-corrected chi connectivity index (χ1v) is 11.8. The molecule has 1 atom stereocenters. The van der Waals surface area contributed by atoms with E-state index in [0.717, 1.165) is 6.07 Å². The van der Waals surface area contributed by atoms with E-state index in [9.17, 15) is 23.5 Å². The summed E-state index contributed by atoms with van der Waals surface area (Å²) in [5.41, 5.74) is 1.52. The number of benzene rings is 1. The molecule has 38 heavy (non-hydrogen) atoms. The molecule has 4 heterocycles. The van der Waals surface area contributed by atoms with Crippen molar-refractivity contribution in [2.45, 2.75) is 31.9 Å². The fourth-order valence-electron chi connectivity index (χ4n) is 4.44. The maximum atomic E-state index is 14.0. The van der Waals surface area contributed by atoms with Crippen molar-refractivity contribution in [3.63, 3.8) is 0 Å². The van der Waals surface area contributed by atoms with E-state index < -0.39 is 29.0 Å². The van der Waals surface area contributed by atoms with Crippen molar-refractivity contribution in [1.82, 2.24) is 24.9 Å². The van der Waals surface area contributed by atoms with Crippen LogP contribution in [0.5, 0.6) is 0 Å². The minimum atomic E-state index is -1.26. The number of rotatable bonds is 5. The first kappa shape index (κ1) is 25.3. The Balaban J connectivity index is 1.68. The molecule has 1 aliphatic heterocycles. The van der Waals surface area contributed by atoms with Crippen LogP contribution in [0, 0.1) is 30.4 Å². The number of hydrogen-bond donors (Lipinski definition) is 3. The molecule has 9 nitrogen and oxygen atoms in total. The fraction of sp³-hybridized carbons (Fsp3) is 0.259. The van der Waals surface area contributed by atoms with Crippen LogP contribution < -0.4 is 11.0 Å². The number of ether oxygens (including phenoxy) is 1. The first-order valence-electron chi connectivity index (χ1n) is 11.8. The average molecular weight is 520 g/mol. The van der Waals surface area contributed by atoms with Crippen LogP contribution in [0.15, 0.2) is 47.3 Å². The maximum Gasteiger partial charge on any atom is 0.347 e. The highest BCUT2D eigenvalue weighted by Crippen LogP contribution is 2.32. The zero-order valence-electron chi connectivity index (χ0n) is 20.5. The third-order valence-corrected chi connectivity index (χ3v) is 6.21. The molecule has 1 aromatic carbocycles. The topological polar surface area (TPSA) is 122 Å². The van der Waals surface area contributed by atoms with Gasteiger partial charge in [0.15, 0.2) is 11.2 Å². The molecule has 194 valence electrons. The summed E-state index contributed by atoms with van der Waals surface area (Å²) >= 11 is 0. The zero-order valence-corrected chi connectivity index (χ0v) is 20.5. The molecule has 1 amide bonds. The van der Waals surface area contributed by atoms with Gasteiger partial charge in [-0.2, -0.15) is 5.10 Å². The third kappa shape index (κ3) is 5.04. The molecule has 0 radical (unpaired) electrons. The molecular weight excluding hydrogens is 496 g/mol. The highest BCUT2D eigenvalue weighted by Gasteiger charge is 2.34. The SMILES string of the molecule is CC(=O)N[C@@H](Cc1cc(F)cc(F)c1)c1nc(C#CC2(O)COC2)ccc1-c1ccc2n[nH]c(=O)n2c1C. The van der Waals surface area contributed by atoms with Crippen molar-refractivity contribution in [1.29, 1.82) is 0 Å². The van der Waals surface area contributed by atoms with Crippen LogP contribution in [0.4, 0.5) is 8.78 Å². The molecule has 0 unspecified atom stereocenters. The molecule has 0 bridgehead atoms. The number of aryl methyl sites for hydroxylation is 1. The van der Waals surface area contributed by atoms with Crippen LogP contribution in [-0.2, 0) is 16.0 Å². The lowest BCUT2D eigenvalue weighted by atomic mass is 9.94. The number of carbonyl (C=O) groups excluding carboxylic acids is 1. The van der Waals surface area contributed by atoms with Gasteiger partial charge in [-0.1, -0.05) is 5.92 Å². The van der Waals surface area contributed by atoms with Gasteiger partial charge in [-0.25, -0.2) is 28.1 Å². The molecule has 1 aliphatic rings. The van der Waals surface area contributed by atoms with Gasteiger partial charge in [0, 0.05) is 29.8 Å². The zero-order chi connectivity index (χ0) is 27.0. The van der Waals surface area contributed by atoms with Crippen LogP contribution >= 0.6 is 0 Å². The standard InChI is InChI=1S/C27H23F2N5O4/c1-15-21(5-6-24-32-33-26(36)34(15)24)22-4-3-20(7-8-27(37)13-38-14-27)31-25(22)23(30-16(2)35)11-17-9-18(28)12-19(29)10-17/h3-6,9-10,12,23,37H,11,13-14H2,1-2H3,(H,30,35)(H,33,36)/t23-/m0/s1. The molecule has 1 fully saturated rings. The van der Waals surface area contributed by atoms with Gasteiger partial charge in [0.2, 0.25) is 5.91 Å². The van der Waals surface area contributed by atoms with E-state index in [1.54, 1.807) is 31.2 Å². The average Bonchev–Trinajstić information content (AvgIpc) is 3.22. The Hall–Kier alpha value is -4.40. The number of nitrogens with zero attached hydrogens (tertiary/aromatic N) is 3. The van der Waals surface area contributed by atoms with Crippen molar-refractivity contribution in [2.75, 3.05) is 13.2 Å². The van der Waals surface area contributed by atoms with E-state index in [1.807, 2.05) is 0 Å². The van der Waals surface area contributed by atoms with E-state index in [2.05, 4.69) is 27.4 Å². The van der Waals surface area contributed by atoms with Gasteiger partial charge in [-0.05, 0) is 61.2 Å². The smallest absolute Gasteiger partial charge is 0.347 e. The summed E-state index contributed by atoms with van der Waals surface area (Å²) in [6.07, 6.45) is 0.0237. The highest BCUT2D eigenvalue weighted by atomic mass is 19.1. The third-order valence-electron chi connectivity index (χ3n) is 6.21. The summed E-state index contributed by atoms with van der Waals surface area (Å²) in [4.78, 5) is 29.3. The van der Waals surface area contributed by atoms with Crippen molar-refractivity contribution >= 4 is 11.6 Å². The van der Waals surface area contributed by atoms with Crippen LogP contribution in [-0.4, -0.2) is 49.4 Å². The predicted octanol–water partition coefficient (Wildman–Crippen LogP) is 2.20. The lowest BCUT2D eigenvalue weighted by Gasteiger charge is -2.30. The summed E-state index contributed by atoms with van der Waals surface area (Å²) in [6, 6.07) is 9.18. The van der Waals surface area contributed by atoms with Crippen LogP contribution in [0.25, 0.3) is 16.8 Å². The number of aromatic nitrogens is 4. The van der Waals surface area contributed by atoms with E-state index >= 15 is 0 Å². The van der Waals surface area contributed by atoms with E-state index in [4.69, 9.17) is 9.72 Å². The van der Waals surface area contributed by atoms with Gasteiger partial charge in [-0.15, -0.1) is 0 Å². The molecule has 0 aliphatic carbocycles. The number of halogens is 2. The molecule has 11 heteroatoms. The monoisotopic (exact) mass is 519 g/mol. The Labute approximate surface area is 215 Å². The second-order valence-corrected chi connectivity index (χ2v) is 9.19. The lowest BCUT2D eigenvalue weighted by Crippen LogP contribution is -2.48. The first-order chi connectivity index (χ1) is 18.1. The minimum Gasteiger partial charge on any atom is -0.373 e. The van der Waals surface area contributed by atoms with Gasteiger partial charge >= 0.3 is 5.69 Å². The number of amides is 1. The summed E-state index contributed by atoms with van der Waals surface area (Å²) in [7, 11) is 0. The molecule has 0 saturated carbocycles. The van der Waals surface area contributed by atoms with Gasteiger partial charge < -0.3 is 15.2 Å². The van der Waals surface area contributed by atoms with Crippen molar-refractivity contribution < 1.29 is 23.4 Å². The fourth-order valence-corrected chi connectivity index (χ4v) is 4.44. The number of nitrogens with one attached hydrogen (secondary N) is 2. The normalized spacial score (nSPS) is 14.9. The Morgan fingerprint density at radius 1 is 1.21 bits per heavy atom. The molecule has 0 spiro atoms. The largest absolute Gasteiger partial charge is 0.373 e. The van der Waals surface area contributed by atoms with Crippen LogP contribution in [0.3, 0.4) is 0 Å². The van der Waals surface area contributed by atoms with E-state index in [-0.39, 0.29) is 25.5 Å². The van der Waals surface area contributed by atoms with Crippen molar-refractivity contribution in [3.05, 3.63) is 87.2 Å². The summed E-state index contributed by atoms with van der Waals surface area (Å²) in [6.45, 7) is 3.25. The van der Waals surface area contributed by atoms with Crippen LogP contribution in [0.2, 0.25) is 0 Å². The van der Waals surface area contributed by atoms with E-state index in [0.29, 0.717) is 39.4 Å². The van der Waals surface area contributed by atoms with Crippen molar-refractivity contribution in [2.24, 2.45) is 0 Å². The number of aromatic amines is 1. The predicted molar refractivity (Wildman–Crippen MR) is 133 cm³/mol. The number of pyridine rings is 2. The molecule has 4 aromatic rings. The van der Waals surface area contributed by atoms with Crippen LogP contribution in [0.1, 0.15) is 35.6 Å². The Morgan fingerprint density at radius 2 is 1.92 bits per heavy atom. The molecule has 3 aromatic heterocycles. The Kier molecular flexibility index (Phi) is 6.52. The second-order valence-electron chi connectivity index (χ2n) is 9.19. The van der Waals surface area contributed by atoms with E-state index in [1.165, 1.54) is 23.5 Å². The number of fused-ring (bicyclic) bond motifs is 1. The number of H-pyrrole nitrogens is 1. The summed E-state index contributed by atoms with van der Waals surface area (Å²) in [5.74, 6) is 3.74. The Morgan fingerprint density at radius 3 is 2.58 bits per heavy atom. The molecule has 3 N–H and O–H groups in total. The summed E-state index contributed by atoms with van der Waals surface area (Å²) < 4.78 is 34.4. The summed E-state index contributed by atoms with van der Waals surface area (Å²) in [5, 5.41) is 19.5. The highest BCUT2D eigenvalue weighted by molar-refractivity contribution is 5.75. The maximum absolute atomic E-state index is 14.0. The van der Waals surface area contributed by atoms with Gasteiger partial charge in [0.05, 0.1) is 24.9 Å². The van der Waals surface area contributed by atoms with Gasteiger partial charge in [0.25, 0.3) is 0 Å². The van der Waals surface area contributed by atoms with Crippen molar-refractivity contribution in [3.8, 4) is 23.0 Å². The molecule has 5 rings (SSSR count). The number of hydrogen-bond acceptors (Lipinski definition) is 6. The number of aliphatic hydroxyl groups is 1. The quantitative estimate of drug-likeness (QED) is 0.348. The van der Waals surface area contributed by atoms with Gasteiger partial charge in [0.1, 0.15) is 17.3 Å². The molecule has 1 saturated heterocycles. The lowest BCUT2D eigenvalue weighted by molar-refractivity contribution is -0.140. The molecular formula is C27H23F2N5O4. The van der Waals surface area contributed by atoms with Gasteiger partial charge in [-0.3, -0.25) is 4.79 Å².